The number of pyridine rings is 1. The summed E-state index contributed by atoms with van der Waals surface area (Å²) in [7, 11) is 1.53. The number of hydrogen-bond acceptors (Lipinski definition) is 8. The molecular weight excluding hydrogens is 505 g/mol. The van der Waals surface area contributed by atoms with Gasteiger partial charge in [0.15, 0.2) is 11.5 Å². The number of aromatic nitrogens is 1. The SMILES string of the molecule is CN1OC2C(=O)N(CCNc3ncc(C(F)(F)F)cc3Cl)C(=O)C2C1c1coc2ccccc2c1=O. The lowest BCUT2D eigenvalue weighted by molar-refractivity contribution is -0.169. The molecule has 36 heavy (non-hydrogen) atoms. The molecule has 3 unspecified atom stereocenters. The predicted molar refractivity (Wildman–Crippen MR) is 121 cm³/mol. The van der Waals surface area contributed by atoms with Crippen molar-refractivity contribution in [3.05, 3.63) is 69.2 Å². The van der Waals surface area contributed by atoms with Gasteiger partial charge in [-0.1, -0.05) is 23.7 Å². The number of nitrogens with zero attached hydrogens (tertiary/aromatic N) is 3. The maximum Gasteiger partial charge on any atom is 0.417 e. The molecule has 2 amide bonds. The molecule has 188 valence electrons. The molecule has 0 saturated carbocycles. The molecule has 9 nitrogen and oxygen atoms in total. The van der Waals surface area contributed by atoms with Crippen LogP contribution in [0.3, 0.4) is 0 Å². The molecule has 0 spiro atoms. The molecule has 2 aliphatic heterocycles. The standard InChI is InChI=1S/C23H18ClF3N4O5/c1-30-17(13-10-35-15-5-3-2-4-12(15)18(13)32)16-19(36-30)22(34)31(21(16)33)7-6-28-20-14(24)8-11(9-29-20)23(25,26)27/h2-5,8-10,16-17,19H,6-7H2,1H3,(H,28,29). The summed E-state index contributed by atoms with van der Waals surface area (Å²) < 4.78 is 44.0. The quantitative estimate of drug-likeness (QED) is 0.509. The largest absolute Gasteiger partial charge is 0.464 e. The van der Waals surface area contributed by atoms with Crippen LogP contribution in [-0.4, -0.2) is 53.0 Å². The molecule has 0 aliphatic carbocycles. The van der Waals surface area contributed by atoms with E-state index in [0.717, 1.165) is 11.0 Å². The zero-order valence-electron chi connectivity index (χ0n) is 18.6. The van der Waals surface area contributed by atoms with E-state index in [9.17, 15) is 27.6 Å². The first-order chi connectivity index (χ1) is 17.1. The first-order valence-electron chi connectivity index (χ1n) is 10.8. The van der Waals surface area contributed by atoms with Crippen molar-refractivity contribution in [3.63, 3.8) is 0 Å². The molecule has 2 aromatic heterocycles. The second-order valence-electron chi connectivity index (χ2n) is 8.37. The highest BCUT2D eigenvalue weighted by molar-refractivity contribution is 6.33. The molecule has 1 aromatic carbocycles. The van der Waals surface area contributed by atoms with E-state index in [1.165, 1.54) is 18.4 Å². The average Bonchev–Trinajstić information content (AvgIpc) is 3.28. The third-order valence-corrected chi connectivity index (χ3v) is 6.51. The number of benzene rings is 1. The molecular formula is C23H18ClF3N4O5. The van der Waals surface area contributed by atoms with Gasteiger partial charge in [0.2, 0.25) is 5.91 Å². The van der Waals surface area contributed by atoms with Crippen LogP contribution in [0.5, 0.6) is 0 Å². The summed E-state index contributed by atoms with van der Waals surface area (Å²) in [6.45, 7) is -0.135. The summed E-state index contributed by atoms with van der Waals surface area (Å²) in [6.07, 6.45) is -3.80. The molecule has 13 heteroatoms. The van der Waals surface area contributed by atoms with Crippen LogP contribution in [0, 0.1) is 5.92 Å². The van der Waals surface area contributed by atoms with Gasteiger partial charge in [0.05, 0.1) is 39.8 Å². The Hall–Kier alpha value is -3.48. The average molecular weight is 523 g/mol. The van der Waals surface area contributed by atoms with Crippen molar-refractivity contribution in [2.24, 2.45) is 5.92 Å². The lowest BCUT2D eigenvalue weighted by Crippen LogP contribution is -2.39. The normalized spacial score (nSPS) is 22.5. The summed E-state index contributed by atoms with van der Waals surface area (Å²) in [5.74, 6) is -2.12. The number of imide groups is 1. The van der Waals surface area contributed by atoms with Crippen LogP contribution in [0.15, 0.2) is 52.0 Å². The highest BCUT2D eigenvalue weighted by Crippen LogP contribution is 2.43. The second-order valence-corrected chi connectivity index (χ2v) is 8.77. The zero-order valence-corrected chi connectivity index (χ0v) is 19.3. The van der Waals surface area contributed by atoms with Crippen molar-refractivity contribution >= 4 is 40.2 Å². The number of nitrogens with one attached hydrogen (secondary N) is 1. The number of carbonyl (C=O) groups is 2. The van der Waals surface area contributed by atoms with E-state index in [4.69, 9.17) is 20.9 Å². The first kappa shape index (κ1) is 24.2. The number of carbonyl (C=O) groups excluding carboxylic acids is 2. The number of likely N-dealkylation sites (tertiary alicyclic amines) is 1. The topological polar surface area (TPSA) is 105 Å². The number of alkyl halides is 3. The van der Waals surface area contributed by atoms with Crippen LogP contribution >= 0.6 is 11.6 Å². The molecule has 2 aliphatic rings. The van der Waals surface area contributed by atoms with Gasteiger partial charge in [-0.15, -0.1) is 0 Å². The molecule has 2 fully saturated rings. The Morgan fingerprint density at radius 3 is 2.64 bits per heavy atom. The summed E-state index contributed by atoms with van der Waals surface area (Å²) in [6, 6.07) is 6.56. The minimum atomic E-state index is -4.59. The van der Waals surface area contributed by atoms with E-state index in [-0.39, 0.29) is 34.9 Å². The van der Waals surface area contributed by atoms with Gasteiger partial charge < -0.3 is 9.73 Å². The number of para-hydroxylation sites is 1. The van der Waals surface area contributed by atoms with E-state index < -0.39 is 41.6 Å². The molecule has 3 aromatic rings. The van der Waals surface area contributed by atoms with Crippen LogP contribution in [0.4, 0.5) is 19.0 Å². The fourth-order valence-corrected chi connectivity index (χ4v) is 4.76. The monoisotopic (exact) mass is 522 g/mol. The summed E-state index contributed by atoms with van der Waals surface area (Å²) >= 11 is 5.89. The second kappa shape index (κ2) is 8.87. The number of halogens is 4. The van der Waals surface area contributed by atoms with Gasteiger partial charge in [0.25, 0.3) is 5.91 Å². The smallest absolute Gasteiger partial charge is 0.417 e. The highest BCUT2D eigenvalue weighted by Gasteiger charge is 2.59. The third-order valence-electron chi connectivity index (χ3n) is 6.22. The van der Waals surface area contributed by atoms with Crippen molar-refractivity contribution in [3.8, 4) is 0 Å². The van der Waals surface area contributed by atoms with Gasteiger partial charge in [-0.05, 0) is 18.2 Å². The molecule has 4 heterocycles. The maximum absolute atomic E-state index is 13.2. The van der Waals surface area contributed by atoms with E-state index in [2.05, 4.69) is 10.3 Å². The van der Waals surface area contributed by atoms with Gasteiger partial charge in [-0.2, -0.15) is 18.2 Å². The van der Waals surface area contributed by atoms with Crippen molar-refractivity contribution in [2.75, 3.05) is 25.5 Å². The van der Waals surface area contributed by atoms with Gasteiger partial charge in [0, 0.05) is 26.3 Å². The van der Waals surface area contributed by atoms with Crippen molar-refractivity contribution < 1.29 is 32.0 Å². The number of hydroxylamine groups is 2. The number of amides is 2. The summed E-state index contributed by atoms with van der Waals surface area (Å²) in [4.78, 5) is 49.6. The minimum Gasteiger partial charge on any atom is -0.464 e. The van der Waals surface area contributed by atoms with Crippen molar-refractivity contribution in [1.82, 2.24) is 14.9 Å². The van der Waals surface area contributed by atoms with Crippen molar-refractivity contribution in [1.29, 1.82) is 0 Å². The van der Waals surface area contributed by atoms with E-state index in [1.807, 2.05) is 0 Å². The lowest BCUT2D eigenvalue weighted by atomic mass is 9.91. The number of hydrogen-bond donors (Lipinski definition) is 1. The zero-order chi connectivity index (χ0) is 25.8. The van der Waals surface area contributed by atoms with Gasteiger partial charge >= 0.3 is 6.18 Å². The molecule has 1 N–H and O–H groups in total. The molecule has 5 rings (SSSR count). The van der Waals surface area contributed by atoms with Crippen LogP contribution in [0.25, 0.3) is 11.0 Å². The maximum atomic E-state index is 13.2. The van der Waals surface area contributed by atoms with Crippen molar-refractivity contribution in [2.45, 2.75) is 18.3 Å². The van der Waals surface area contributed by atoms with Gasteiger partial charge in [0.1, 0.15) is 11.4 Å². The van der Waals surface area contributed by atoms with E-state index in [1.54, 1.807) is 24.3 Å². The Bertz CT molecular complexity index is 1430. The molecule has 2 saturated heterocycles. The number of anilines is 1. The van der Waals surface area contributed by atoms with Crippen LogP contribution < -0.4 is 10.7 Å². The fourth-order valence-electron chi connectivity index (χ4n) is 4.52. The Morgan fingerprint density at radius 2 is 1.92 bits per heavy atom. The minimum absolute atomic E-state index is 0.0202. The predicted octanol–water partition coefficient (Wildman–Crippen LogP) is 3.24. The van der Waals surface area contributed by atoms with Crippen LogP contribution in [0.1, 0.15) is 17.2 Å². The third kappa shape index (κ3) is 4.00. The highest BCUT2D eigenvalue weighted by atomic mass is 35.5. The number of fused-ring (bicyclic) bond motifs is 2. The lowest BCUT2D eigenvalue weighted by Gasteiger charge is -2.23. The summed E-state index contributed by atoms with van der Waals surface area (Å²) in [5, 5.41) is 4.13. The number of rotatable bonds is 5. The Balaban J connectivity index is 1.33. The summed E-state index contributed by atoms with van der Waals surface area (Å²) in [5.41, 5.74) is -0.755. The van der Waals surface area contributed by atoms with E-state index >= 15 is 0 Å². The Labute approximate surface area is 206 Å². The van der Waals surface area contributed by atoms with Gasteiger partial charge in [-0.3, -0.25) is 24.1 Å². The molecule has 3 atom stereocenters. The van der Waals surface area contributed by atoms with Gasteiger partial charge in [-0.25, -0.2) is 4.98 Å². The van der Waals surface area contributed by atoms with Crippen LogP contribution in [0.2, 0.25) is 5.02 Å². The molecule has 0 bridgehead atoms. The Kier molecular flexibility index (Phi) is 5.97. The first-order valence-corrected chi connectivity index (χ1v) is 11.2. The Morgan fingerprint density at radius 1 is 1.17 bits per heavy atom. The fraction of sp³-hybridized carbons (Fsp3) is 0.304. The van der Waals surface area contributed by atoms with E-state index in [0.29, 0.717) is 17.2 Å². The molecule has 0 radical (unpaired) electrons. The van der Waals surface area contributed by atoms with Crippen LogP contribution in [-0.2, 0) is 20.6 Å².